The third kappa shape index (κ3) is 3.70. The number of carbonyl (C=O) groups is 3. The summed E-state index contributed by atoms with van der Waals surface area (Å²) in [7, 11) is 0. The second kappa shape index (κ2) is 6.90. The van der Waals surface area contributed by atoms with Crippen LogP contribution in [0, 0.1) is 5.92 Å². The monoisotopic (exact) mass is 347 g/mol. The summed E-state index contributed by atoms with van der Waals surface area (Å²) in [5.74, 6) is -0.0189. The zero-order valence-corrected chi connectivity index (χ0v) is 14.8. The van der Waals surface area contributed by atoms with Crippen molar-refractivity contribution in [2.24, 2.45) is 5.92 Å². The van der Waals surface area contributed by atoms with Gasteiger partial charge in [0.15, 0.2) is 5.76 Å². The van der Waals surface area contributed by atoms with Crippen molar-refractivity contribution in [3.05, 3.63) is 24.2 Å². The van der Waals surface area contributed by atoms with Crippen LogP contribution >= 0.6 is 0 Å². The van der Waals surface area contributed by atoms with Gasteiger partial charge in [0, 0.05) is 38.5 Å². The van der Waals surface area contributed by atoms with Gasteiger partial charge >= 0.3 is 0 Å². The molecule has 0 radical (unpaired) electrons. The summed E-state index contributed by atoms with van der Waals surface area (Å²) in [5, 5.41) is 3.07. The SMILES string of the molecule is CC(C)C(=O)N1CCN(C(=O)c2ccco2)CC2(CCCC(=O)N2)C1. The topological polar surface area (TPSA) is 82.9 Å². The normalized spacial score (nSPS) is 24.4. The quantitative estimate of drug-likeness (QED) is 0.873. The maximum atomic E-state index is 12.7. The van der Waals surface area contributed by atoms with E-state index in [2.05, 4.69) is 5.32 Å². The molecule has 2 aliphatic rings. The molecule has 0 bridgehead atoms. The van der Waals surface area contributed by atoms with Crippen LogP contribution in [0.25, 0.3) is 0 Å². The van der Waals surface area contributed by atoms with Gasteiger partial charge in [0.05, 0.1) is 11.8 Å². The molecule has 0 aliphatic carbocycles. The molecule has 136 valence electrons. The first-order chi connectivity index (χ1) is 11.9. The van der Waals surface area contributed by atoms with E-state index in [-0.39, 0.29) is 29.4 Å². The van der Waals surface area contributed by atoms with Crippen LogP contribution in [0.15, 0.2) is 22.8 Å². The molecular weight excluding hydrogens is 322 g/mol. The Morgan fingerprint density at radius 2 is 1.96 bits per heavy atom. The molecule has 0 saturated carbocycles. The Morgan fingerprint density at radius 3 is 2.60 bits per heavy atom. The lowest BCUT2D eigenvalue weighted by atomic mass is 9.87. The minimum absolute atomic E-state index is 0.0181. The van der Waals surface area contributed by atoms with Gasteiger partial charge in [0.25, 0.3) is 5.91 Å². The van der Waals surface area contributed by atoms with Crippen LogP contribution in [0.4, 0.5) is 0 Å². The van der Waals surface area contributed by atoms with Crippen molar-refractivity contribution in [1.29, 1.82) is 0 Å². The number of hydrogen-bond acceptors (Lipinski definition) is 4. The molecule has 1 aromatic heterocycles. The maximum absolute atomic E-state index is 12.7. The zero-order chi connectivity index (χ0) is 18.0. The highest BCUT2D eigenvalue weighted by Crippen LogP contribution is 2.26. The summed E-state index contributed by atoms with van der Waals surface area (Å²) < 4.78 is 5.24. The summed E-state index contributed by atoms with van der Waals surface area (Å²) in [5.41, 5.74) is -0.585. The van der Waals surface area contributed by atoms with E-state index in [1.54, 1.807) is 21.9 Å². The highest BCUT2D eigenvalue weighted by atomic mass is 16.3. The van der Waals surface area contributed by atoms with Crippen molar-refractivity contribution in [2.75, 3.05) is 26.2 Å². The second-order valence-electron chi connectivity index (χ2n) is 7.30. The molecule has 1 unspecified atom stereocenters. The van der Waals surface area contributed by atoms with Gasteiger partial charge in [-0.3, -0.25) is 14.4 Å². The van der Waals surface area contributed by atoms with Gasteiger partial charge in [0.1, 0.15) is 0 Å². The minimum Gasteiger partial charge on any atom is -0.459 e. The Labute approximate surface area is 147 Å². The molecule has 25 heavy (non-hydrogen) atoms. The van der Waals surface area contributed by atoms with Crippen molar-refractivity contribution >= 4 is 17.7 Å². The summed E-state index contributed by atoms with van der Waals surface area (Å²) in [4.78, 5) is 40.8. The summed E-state index contributed by atoms with van der Waals surface area (Å²) in [6, 6.07) is 3.31. The Balaban J connectivity index is 1.87. The van der Waals surface area contributed by atoms with Crippen LogP contribution in [-0.2, 0) is 9.59 Å². The van der Waals surface area contributed by atoms with Crippen LogP contribution < -0.4 is 5.32 Å². The first kappa shape index (κ1) is 17.5. The van der Waals surface area contributed by atoms with Gasteiger partial charge in [-0.2, -0.15) is 0 Å². The second-order valence-corrected chi connectivity index (χ2v) is 7.30. The lowest BCUT2D eigenvalue weighted by Crippen LogP contribution is -2.62. The minimum atomic E-state index is -0.585. The fraction of sp³-hybridized carbons (Fsp3) is 0.611. The molecule has 7 heteroatoms. The lowest BCUT2D eigenvalue weighted by Gasteiger charge is -2.41. The van der Waals surface area contributed by atoms with Gasteiger partial charge < -0.3 is 19.5 Å². The van der Waals surface area contributed by atoms with Crippen LogP contribution in [0.5, 0.6) is 0 Å². The molecule has 2 aliphatic heterocycles. The summed E-state index contributed by atoms with van der Waals surface area (Å²) >= 11 is 0. The van der Waals surface area contributed by atoms with E-state index in [0.717, 1.165) is 12.8 Å². The fourth-order valence-electron chi connectivity index (χ4n) is 3.71. The molecular formula is C18H25N3O4. The van der Waals surface area contributed by atoms with Crippen LogP contribution in [0.3, 0.4) is 0 Å². The molecule has 0 aromatic carbocycles. The standard InChI is InChI=1S/C18H25N3O4/c1-13(2)16(23)20-8-9-21(17(24)14-5-4-10-25-14)12-18(11-20)7-3-6-15(22)19-18/h4-5,10,13H,3,6-9,11-12H2,1-2H3,(H,19,22). The number of rotatable bonds is 2. The Kier molecular flexibility index (Phi) is 4.83. The van der Waals surface area contributed by atoms with E-state index in [1.807, 2.05) is 13.8 Å². The fourth-order valence-corrected chi connectivity index (χ4v) is 3.71. The smallest absolute Gasteiger partial charge is 0.289 e. The maximum Gasteiger partial charge on any atom is 0.289 e. The van der Waals surface area contributed by atoms with Gasteiger partial charge in [-0.1, -0.05) is 13.8 Å². The van der Waals surface area contributed by atoms with E-state index in [1.165, 1.54) is 6.26 Å². The summed E-state index contributed by atoms with van der Waals surface area (Å²) in [6.07, 6.45) is 3.48. The Hall–Kier alpha value is -2.31. The molecule has 3 amide bonds. The molecule has 1 atom stereocenters. The molecule has 3 heterocycles. The predicted molar refractivity (Wildman–Crippen MR) is 90.8 cm³/mol. The third-order valence-corrected chi connectivity index (χ3v) is 4.92. The predicted octanol–water partition coefficient (Wildman–Crippen LogP) is 1.26. The molecule has 7 nitrogen and oxygen atoms in total. The first-order valence-electron chi connectivity index (χ1n) is 8.83. The van der Waals surface area contributed by atoms with E-state index in [4.69, 9.17) is 4.42 Å². The number of nitrogens with one attached hydrogen (secondary N) is 1. The molecule has 3 rings (SSSR count). The Bertz CT molecular complexity index is 655. The number of nitrogens with zero attached hydrogens (tertiary/aromatic N) is 2. The van der Waals surface area contributed by atoms with Gasteiger partial charge in [-0.15, -0.1) is 0 Å². The number of furan rings is 1. The number of amides is 3. The zero-order valence-electron chi connectivity index (χ0n) is 14.8. The Morgan fingerprint density at radius 1 is 1.24 bits per heavy atom. The first-order valence-corrected chi connectivity index (χ1v) is 8.83. The molecule has 1 N–H and O–H groups in total. The van der Waals surface area contributed by atoms with Gasteiger partial charge in [-0.25, -0.2) is 0 Å². The summed E-state index contributed by atoms with van der Waals surface area (Å²) in [6.45, 7) is 5.45. The molecule has 2 fully saturated rings. The van der Waals surface area contributed by atoms with Gasteiger partial charge in [0.2, 0.25) is 11.8 Å². The molecule has 1 spiro atoms. The van der Waals surface area contributed by atoms with E-state index in [0.29, 0.717) is 32.6 Å². The van der Waals surface area contributed by atoms with Crippen LogP contribution in [0.2, 0.25) is 0 Å². The highest BCUT2D eigenvalue weighted by molar-refractivity contribution is 5.91. The van der Waals surface area contributed by atoms with Crippen molar-refractivity contribution in [2.45, 2.75) is 38.6 Å². The van der Waals surface area contributed by atoms with Gasteiger partial charge in [-0.05, 0) is 25.0 Å². The number of piperidine rings is 1. The lowest BCUT2D eigenvalue weighted by molar-refractivity contribution is -0.136. The van der Waals surface area contributed by atoms with E-state index in [9.17, 15) is 14.4 Å². The van der Waals surface area contributed by atoms with Crippen LogP contribution in [-0.4, -0.2) is 59.2 Å². The largest absolute Gasteiger partial charge is 0.459 e. The molecule has 1 aromatic rings. The highest BCUT2D eigenvalue weighted by Gasteiger charge is 2.43. The number of carbonyl (C=O) groups excluding carboxylic acids is 3. The number of hydrogen-bond donors (Lipinski definition) is 1. The molecule has 2 saturated heterocycles. The van der Waals surface area contributed by atoms with Crippen molar-refractivity contribution < 1.29 is 18.8 Å². The van der Waals surface area contributed by atoms with Crippen molar-refractivity contribution in [3.63, 3.8) is 0 Å². The third-order valence-electron chi connectivity index (χ3n) is 4.92. The van der Waals surface area contributed by atoms with E-state index < -0.39 is 5.54 Å². The van der Waals surface area contributed by atoms with Crippen molar-refractivity contribution in [3.8, 4) is 0 Å². The van der Waals surface area contributed by atoms with E-state index >= 15 is 0 Å². The van der Waals surface area contributed by atoms with Crippen LogP contribution in [0.1, 0.15) is 43.7 Å². The average Bonchev–Trinajstić information content (AvgIpc) is 3.04. The average molecular weight is 347 g/mol. The van der Waals surface area contributed by atoms with Crippen molar-refractivity contribution in [1.82, 2.24) is 15.1 Å².